The second kappa shape index (κ2) is 9.25. The van der Waals surface area contributed by atoms with Crippen molar-refractivity contribution in [3.8, 4) is 0 Å². The third kappa shape index (κ3) is 5.98. The molecule has 1 rings (SSSR count). The molecule has 1 N–H and O–H groups in total. The summed E-state index contributed by atoms with van der Waals surface area (Å²) >= 11 is 0. The van der Waals surface area contributed by atoms with Gasteiger partial charge < -0.3 is 15.0 Å². The summed E-state index contributed by atoms with van der Waals surface area (Å²) in [4.78, 5) is 30.4. The Labute approximate surface area is 138 Å². The number of aromatic nitrogens is 1. The van der Waals surface area contributed by atoms with Crippen molar-refractivity contribution in [1.82, 2.24) is 15.2 Å². The minimum atomic E-state index is -1.08. The van der Waals surface area contributed by atoms with Crippen LogP contribution in [0.1, 0.15) is 25.8 Å². The summed E-state index contributed by atoms with van der Waals surface area (Å²) in [7, 11) is 3.34. The lowest BCUT2D eigenvalue weighted by Crippen LogP contribution is -2.49. The minimum Gasteiger partial charge on any atom is -0.385 e. The molecular weight excluding hydrogens is 294 g/mol. The zero-order valence-electron chi connectivity index (χ0n) is 14.5. The highest BCUT2D eigenvalue weighted by atomic mass is 16.5. The maximum atomic E-state index is 12.5. The average molecular weight is 321 g/mol. The van der Waals surface area contributed by atoms with Crippen molar-refractivity contribution in [3.63, 3.8) is 0 Å². The molecule has 0 aliphatic heterocycles. The molecule has 0 aromatic carbocycles. The van der Waals surface area contributed by atoms with Crippen molar-refractivity contribution in [1.29, 1.82) is 0 Å². The number of carbonyl (C=O) groups excluding carboxylic acids is 2. The first-order chi connectivity index (χ1) is 10.9. The molecule has 1 aromatic heterocycles. The molecule has 0 saturated heterocycles. The Morgan fingerprint density at radius 1 is 1.30 bits per heavy atom. The number of nitrogens with one attached hydrogen (secondary N) is 1. The van der Waals surface area contributed by atoms with Crippen molar-refractivity contribution < 1.29 is 14.3 Å². The lowest BCUT2D eigenvalue weighted by atomic mass is 9.90. The summed E-state index contributed by atoms with van der Waals surface area (Å²) in [5, 5.41) is 2.79. The standard InChI is InChI=1S/C17H27N3O3/c1-17(2,15(21)19-9-5-13-23-4)16(22)20(3)12-8-14-6-10-18-11-7-14/h6-7,10-11H,5,8-9,12-13H2,1-4H3,(H,19,21). The van der Waals surface area contributed by atoms with Crippen LogP contribution in [0.5, 0.6) is 0 Å². The molecule has 0 aliphatic rings. The fourth-order valence-electron chi connectivity index (χ4n) is 2.16. The first kappa shape index (κ1) is 19.1. The molecule has 0 bridgehead atoms. The molecule has 0 radical (unpaired) electrons. The molecule has 128 valence electrons. The van der Waals surface area contributed by atoms with Gasteiger partial charge in [0.1, 0.15) is 5.41 Å². The van der Waals surface area contributed by atoms with Crippen LogP contribution in [0, 0.1) is 5.41 Å². The van der Waals surface area contributed by atoms with E-state index in [1.165, 1.54) is 0 Å². The van der Waals surface area contributed by atoms with Gasteiger partial charge in [-0.3, -0.25) is 14.6 Å². The zero-order valence-corrected chi connectivity index (χ0v) is 14.5. The maximum absolute atomic E-state index is 12.5. The summed E-state index contributed by atoms with van der Waals surface area (Å²) in [6.45, 7) is 4.96. The number of likely N-dealkylation sites (N-methyl/N-ethyl adjacent to an activating group) is 1. The van der Waals surface area contributed by atoms with Gasteiger partial charge in [0, 0.05) is 46.2 Å². The molecule has 6 nitrogen and oxygen atoms in total. The number of rotatable bonds is 9. The number of ether oxygens (including phenoxy) is 1. The van der Waals surface area contributed by atoms with E-state index in [2.05, 4.69) is 10.3 Å². The van der Waals surface area contributed by atoms with E-state index in [0.29, 0.717) is 19.7 Å². The van der Waals surface area contributed by atoms with Gasteiger partial charge in [-0.1, -0.05) is 0 Å². The number of carbonyl (C=O) groups is 2. The number of hydrogen-bond donors (Lipinski definition) is 1. The second-order valence-electron chi connectivity index (χ2n) is 6.06. The Kier molecular flexibility index (Phi) is 7.68. The van der Waals surface area contributed by atoms with E-state index in [1.807, 2.05) is 12.1 Å². The van der Waals surface area contributed by atoms with Gasteiger partial charge in [0.15, 0.2) is 0 Å². The number of amides is 2. The van der Waals surface area contributed by atoms with Gasteiger partial charge in [-0.25, -0.2) is 0 Å². The third-order valence-electron chi connectivity index (χ3n) is 3.75. The highest BCUT2D eigenvalue weighted by Gasteiger charge is 2.37. The first-order valence-corrected chi connectivity index (χ1v) is 7.81. The van der Waals surface area contributed by atoms with Crippen LogP contribution in [0.4, 0.5) is 0 Å². The van der Waals surface area contributed by atoms with Crippen molar-refractivity contribution >= 4 is 11.8 Å². The van der Waals surface area contributed by atoms with Gasteiger partial charge in [0.25, 0.3) is 0 Å². The number of methoxy groups -OCH3 is 1. The highest BCUT2D eigenvalue weighted by molar-refractivity contribution is 6.04. The summed E-state index contributed by atoms with van der Waals surface area (Å²) in [5.74, 6) is -0.440. The number of pyridine rings is 1. The van der Waals surface area contributed by atoms with Crippen LogP contribution in [0.2, 0.25) is 0 Å². The highest BCUT2D eigenvalue weighted by Crippen LogP contribution is 2.19. The van der Waals surface area contributed by atoms with Crippen LogP contribution in [0.25, 0.3) is 0 Å². The largest absolute Gasteiger partial charge is 0.385 e. The molecule has 6 heteroatoms. The fourth-order valence-corrected chi connectivity index (χ4v) is 2.16. The van der Waals surface area contributed by atoms with Crippen LogP contribution in [-0.4, -0.2) is 55.6 Å². The van der Waals surface area contributed by atoms with Gasteiger partial charge in [0.05, 0.1) is 0 Å². The van der Waals surface area contributed by atoms with E-state index < -0.39 is 5.41 Å². The van der Waals surface area contributed by atoms with Gasteiger partial charge in [0.2, 0.25) is 11.8 Å². The minimum absolute atomic E-state index is 0.184. The van der Waals surface area contributed by atoms with Crippen LogP contribution in [-0.2, 0) is 20.7 Å². The molecule has 0 unspecified atom stereocenters. The second-order valence-corrected chi connectivity index (χ2v) is 6.06. The molecule has 0 saturated carbocycles. The van der Waals surface area contributed by atoms with E-state index in [-0.39, 0.29) is 11.8 Å². The van der Waals surface area contributed by atoms with Gasteiger partial charge in [-0.2, -0.15) is 0 Å². The summed E-state index contributed by atoms with van der Waals surface area (Å²) in [6.07, 6.45) is 4.92. The predicted octanol–water partition coefficient (Wildman–Crippen LogP) is 1.26. The van der Waals surface area contributed by atoms with E-state index >= 15 is 0 Å². The molecule has 0 aliphatic carbocycles. The van der Waals surface area contributed by atoms with Gasteiger partial charge in [-0.05, 0) is 44.4 Å². The Hall–Kier alpha value is -1.95. The Morgan fingerprint density at radius 2 is 1.96 bits per heavy atom. The number of hydrogen-bond acceptors (Lipinski definition) is 4. The van der Waals surface area contributed by atoms with E-state index in [1.54, 1.807) is 45.3 Å². The van der Waals surface area contributed by atoms with E-state index in [9.17, 15) is 9.59 Å². The quantitative estimate of drug-likeness (QED) is 0.549. The molecule has 1 heterocycles. The average Bonchev–Trinajstić information content (AvgIpc) is 2.56. The SMILES string of the molecule is COCCCNC(=O)C(C)(C)C(=O)N(C)CCc1ccncc1. The van der Waals surface area contributed by atoms with Gasteiger partial charge in [-0.15, -0.1) is 0 Å². The lowest BCUT2D eigenvalue weighted by molar-refractivity contribution is -0.147. The lowest BCUT2D eigenvalue weighted by Gasteiger charge is -2.28. The van der Waals surface area contributed by atoms with Crippen LogP contribution < -0.4 is 5.32 Å². The Morgan fingerprint density at radius 3 is 2.57 bits per heavy atom. The van der Waals surface area contributed by atoms with Gasteiger partial charge >= 0.3 is 0 Å². The van der Waals surface area contributed by atoms with Crippen LogP contribution in [0.3, 0.4) is 0 Å². The van der Waals surface area contributed by atoms with Crippen molar-refractivity contribution in [3.05, 3.63) is 30.1 Å². The van der Waals surface area contributed by atoms with Crippen molar-refractivity contribution in [2.75, 3.05) is 33.9 Å². The molecule has 23 heavy (non-hydrogen) atoms. The molecule has 0 fully saturated rings. The van der Waals surface area contributed by atoms with Crippen LogP contribution >= 0.6 is 0 Å². The summed E-state index contributed by atoms with van der Waals surface area (Å²) in [6, 6.07) is 3.85. The van der Waals surface area contributed by atoms with Crippen molar-refractivity contribution in [2.24, 2.45) is 5.41 Å². The van der Waals surface area contributed by atoms with E-state index in [4.69, 9.17) is 4.74 Å². The molecule has 1 aromatic rings. The van der Waals surface area contributed by atoms with Crippen LogP contribution in [0.15, 0.2) is 24.5 Å². The fraction of sp³-hybridized carbons (Fsp3) is 0.588. The van der Waals surface area contributed by atoms with Crippen molar-refractivity contribution in [2.45, 2.75) is 26.7 Å². The number of nitrogens with zero attached hydrogens (tertiary/aromatic N) is 2. The molecule has 0 spiro atoms. The summed E-state index contributed by atoms with van der Waals surface area (Å²) < 4.78 is 4.94. The summed E-state index contributed by atoms with van der Waals surface area (Å²) in [5.41, 5.74) is 0.0292. The predicted molar refractivity (Wildman–Crippen MR) is 88.9 cm³/mol. The maximum Gasteiger partial charge on any atom is 0.237 e. The molecule has 2 amide bonds. The smallest absolute Gasteiger partial charge is 0.237 e. The molecule has 0 atom stereocenters. The normalized spacial score (nSPS) is 11.1. The molecular formula is C17H27N3O3. The van der Waals surface area contributed by atoms with E-state index in [0.717, 1.165) is 18.4 Å². The topological polar surface area (TPSA) is 71.5 Å². The third-order valence-corrected chi connectivity index (χ3v) is 3.75. The zero-order chi connectivity index (χ0) is 17.3. The monoisotopic (exact) mass is 321 g/mol. The first-order valence-electron chi connectivity index (χ1n) is 7.81. The Balaban J connectivity index is 2.50. The Bertz CT molecular complexity index is 503.